The third-order valence-electron chi connectivity index (χ3n) is 0.954. The number of carbonyl (C=O) groups is 1. The van der Waals surface area contributed by atoms with Gasteiger partial charge in [0.1, 0.15) is 4.34 Å². The summed E-state index contributed by atoms with van der Waals surface area (Å²) >= 11 is 6.74. The average Bonchev–Trinajstić information content (AvgIpc) is 2.10. The first-order valence-corrected chi connectivity index (χ1v) is 3.92. The van der Waals surface area contributed by atoms with Crippen LogP contribution in [0.25, 0.3) is 0 Å². The van der Waals surface area contributed by atoms with Crippen LogP contribution in [0.1, 0.15) is 5.69 Å². The summed E-state index contributed by atoms with van der Waals surface area (Å²) in [6.07, 6.45) is -1.13. The number of nitrogens with one attached hydrogen (secondary N) is 1. The summed E-state index contributed by atoms with van der Waals surface area (Å²) in [4.78, 5) is 13.9. The molecule has 6 heteroatoms. The van der Waals surface area contributed by atoms with E-state index in [0.29, 0.717) is 15.2 Å². The second-order valence-electron chi connectivity index (χ2n) is 1.81. The highest BCUT2D eigenvalue weighted by molar-refractivity contribution is 7.19. The van der Waals surface area contributed by atoms with Crippen molar-refractivity contribution >= 4 is 34.2 Å². The monoisotopic (exact) mass is 192 g/mol. The molecule has 0 fully saturated rings. The first-order chi connectivity index (χ1) is 5.09. The molecule has 1 rings (SSSR count). The number of hydrogen-bond acceptors (Lipinski definition) is 3. The summed E-state index contributed by atoms with van der Waals surface area (Å²) in [5, 5.41) is 10.7. The quantitative estimate of drug-likeness (QED) is 0.717. The van der Waals surface area contributed by atoms with Crippen LogP contribution in [0.4, 0.5) is 9.93 Å². The predicted molar refractivity (Wildman–Crippen MR) is 43.5 cm³/mol. The number of rotatable bonds is 1. The predicted octanol–water partition coefficient (Wildman–Crippen LogP) is 2.19. The molecule has 0 aromatic carbocycles. The summed E-state index contributed by atoms with van der Waals surface area (Å²) in [7, 11) is 0. The maximum absolute atomic E-state index is 10.1. The average molecular weight is 193 g/mol. The summed E-state index contributed by atoms with van der Waals surface area (Å²) in [5.41, 5.74) is 0.639. The minimum absolute atomic E-state index is 0.306. The fourth-order valence-corrected chi connectivity index (χ4v) is 1.47. The molecule has 0 saturated heterocycles. The lowest BCUT2D eigenvalue weighted by molar-refractivity contribution is 0.209. The molecular formula is C5H5ClN2O2S. The Morgan fingerprint density at radius 1 is 1.82 bits per heavy atom. The Hall–Kier alpha value is -0.810. The second-order valence-corrected chi connectivity index (χ2v) is 3.41. The van der Waals surface area contributed by atoms with E-state index in [4.69, 9.17) is 16.7 Å². The lowest BCUT2D eigenvalue weighted by Gasteiger charge is -1.89. The number of halogens is 1. The lowest BCUT2D eigenvalue weighted by atomic mass is 10.6. The summed E-state index contributed by atoms with van der Waals surface area (Å²) < 4.78 is 0.508. The third kappa shape index (κ3) is 2.06. The second kappa shape index (κ2) is 3.06. The Balaban J connectivity index is 2.81. The summed E-state index contributed by atoms with van der Waals surface area (Å²) in [6.45, 7) is 1.71. The molecular weight excluding hydrogens is 188 g/mol. The van der Waals surface area contributed by atoms with Gasteiger partial charge in [-0.3, -0.25) is 5.32 Å². The van der Waals surface area contributed by atoms with E-state index < -0.39 is 6.09 Å². The molecule has 11 heavy (non-hydrogen) atoms. The fourth-order valence-electron chi connectivity index (χ4n) is 0.523. The number of amides is 1. The van der Waals surface area contributed by atoms with Gasteiger partial charge in [-0.05, 0) is 6.92 Å². The molecule has 1 amide bonds. The van der Waals surface area contributed by atoms with Crippen molar-refractivity contribution in [3.8, 4) is 0 Å². The normalized spacial score (nSPS) is 9.64. The number of nitrogens with zero attached hydrogens (tertiary/aromatic N) is 1. The van der Waals surface area contributed by atoms with Gasteiger partial charge in [-0.2, -0.15) is 0 Å². The molecule has 0 unspecified atom stereocenters. The van der Waals surface area contributed by atoms with Crippen molar-refractivity contribution in [2.24, 2.45) is 0 Å². The number of carboxylic acid groups (broad SMARTS) is 1. The van der Waals surface area contributed by atoms with E-state index in [2.05, 4.69) is 10.3 Å². The van der Waals surface area contributed by atoms with E-state index >= 15 is 0 Å². The zero-order valence-electron chi connectivity index (χ0n) is 5.59. The Kier molecular flexibility index (Phi) is 2.31. The number of aryl methyl sites for hydroxylation is 1. The highest BCUT2D eigenvalue weighted by Gasteiger charge is 2.06. The Morgan fingerprint density at radius 3 is 2.82 bits per heavy atom. The minimum atomic E-state index is -1.13. The number of thiazole rings is 1. The summed E-state index contributed by atoms with van der Waals surface area (Å²) in [5.74, 6) is 0. The SMILES string of the molecule is Cc1nc(NC(=O)O)sc1Cl. The molecule has 0 spiro atoms. The van der Waals surface area contributed by atoms with E-state index in [9.17, 15) is 4.79 Å². The van der Waals surface area contributed by atoms with E-state index in [1.54, 1.807) is 6.92 Å². The van der Waals surface area contributed by atoms with Crippen LogP contribution in [0.3, 0.4) is 0 Å². The van der Waals surface area contributed by atoms with Crippen molar-refractivity contribution in [1.82, 2.24) is 4.98 Å². The van der Waals surface area contributed by atoms with Crippen LogP contribution in [0, 0.1) is 6.92 Å². The van der Waals surface area contributed by atoms with Crippen molar-refractivity contribution < 1.29 is 9.90 Å². The van der Waals surface area contributed by atoms with Crippen molar-refractivity contribution in [1.29, 1.82) is 0 Å². The molecule has 1 heterocycles. The molecule has 2 N–H and O–H groups in total. The first kappa shape index (κ1) is 8.29. The zero-order chi connectivity index (χ0) is 8.43. The smallest absolute Gasteiger partial charge is 0.410 e. The minimum Gasteiger partial charge on any atom is -0.465 e. The van der Waals surface area contributed by atoms with E-state index in [1.807, 2.05) is 0 Å². The number of anilines is 1. The zero-order valence-corrected chi connectivity index (χ0v) is 7.16. The molecule has 0 aliphatic carbocycles. The van der Waals surface area contributed by atoms with Gasteiger partial charge in [0, 0.05) is 0 Å². The van der Waals surface area contributed by atoms with Gasteiger partial charge in [0.2, 0.25) is 0 Å². The van der Waals surface area contributed by atoms with Crippen LogP contribution in [0.2, 0.25) is 4.34 Å². The van der Waals surface area contributed by atoms with Crippen LogP contribution in [-0.2, 0) is 0 Å². The van der Waals surface area contributed by atoms with Crippen LogP contribution in [-0.4, -0.2) is 16.2 Å². The van der Waals surface area contributed by atoms with Crippen molar-refractivity contribution in [3.05, 3.63) is 10.0 Å². The molecule has 4 nitrogen and oxygen atoms in total. The van der Waals surface area contributed by atoms with Crippen LogP contribution >= 0.6 is 22.9 Å². The fraction of sp³-hybridized carbons (Fsp3) is 0.200. The van der Waals surface area contributed by atoms with Crippen molar-refractivity contribution in [2.45, 2.75) is 6.92 Å². The molecule has 0 bridgehead atoms. The van der Waals surface area contributed by atoms with Gasteiger partial charge in [-0.25, -0.2) is 9.78 Å². The van der Waals surface area contributed by atoms with Gasteiger partial charge in [0.15, 0.2) is 5.13 Å². The molecule has 60 valence electrons. The molecule has 0 atom stereocenters. The molecule has 1 aromatic rings. The molecule has 0 aliphatic heterocycles. The van der Waals surface area contributed by atoms with Gasteiger partial charge >= 0.3 is 6.09 Å². The maximum atomic E-state index is 10.1. The van der Waals surface area contributed by atoms with Crippen molar-refractivity contribution in [2.75, 3.05) is 5.32 Å². The van der Waals surface area contributed by atoms with Gasteiger partial charge in [-0.15, -0.1) is 0 Å². The highest BCUT2D eigenvalue weighted by atomic mass is 35.5. The highest BCUT2D eigenvalue weighted by Crippen LogP contribution is 2.26. The molecule has 0 radical (unpaired) electrons. The molecule has 0 aliphatic rings. The topological polar surface area (TPSA) is 62.2 Å². The largest absolute Gasteiger partial charge is 0.465 e. The Labute approximate surface area is 71.8 Å². The Morgan fingerprint density at radius 2 is 2.45 bits per heavy atom. The van der Waals surface area contributed by atoms with Crippen LogP contribution < -0.4 is 5.32 Å². The van der Waals surface area contributed by atoms with E-state index in [1.165, 1.54) is 0 Å². The van der Waals surface area contributed by atoms with E-state index in [0.717, 1.165) is 11.3 Å². The maximum Gasteiger partial charge on any atom is 0.410 e. The van der Waals surface area contributed by atoms with Gasteiger partial charge in [0.05, 0.1) is 5.69 Å². The standard InChI is InChI=1S/C5H5ClN2O2S/c1-2-3(6)11-4(7-2)8-5(9)10/h1H3,(H,7,8)(H,9,10). The van der Waals surface area contributed by atoms with Crippen LogP contribution in [0.15, 0.2) is 0 Å². The Bertz CT molecular complexity index is 267. The van der Waals surface area contributed by atoms with Gasteiger partial charge in [0.25, 0.3) is 0 Å². The molecule has 1 aromatic heterocycles. The van der Waals surface area contributed by atoms with Gasteiger partial charge in [-0.1, -0.05) is 22.9 Å². The first-order valence-electron chi connectivity index (χ1n) is 2.72. The van der Waals surface area contributed by atoms with Crippen LogP contribution in [0.5, 0.6) is 0 Å². The van der Waals surface area contributed by atoms with E-state index in [-0.39, 0.29) is 0 Å². The van der Waals surface area contributed by atoms with Gasteiger partial charge < -0.3 is 5.11 Å². The lowest BCUT2D eigenvalue weighted by Crippen LogP contribution is -2.06. The van der Waals surface area contributed by atoms with Crippen molar-refractivity contribution in [3.63, 3.8) is 0 Å². The number of hydrogen-bond donors (Lipinski definition) is 2. The number of aromatic nitrogens is 1. The molecule has 0 saturated carbocycles. The third-order valence-corrected chi connectivity index (χ3v) is 2.32. The summed E-state index contributed by atoms with van der Waals surface area (Å²) in [6, 6.07) is 0.